The number of aryl methyl sites for hydroxylation is 2. The van der Waals surface area contributed by atoms with Crippen molar-refractivity contribution in [2.24, 2.45) is 0 Å². The van der Waals surface area contributed by atoms with Crippen molar-refractivity contribution in [3.8, 4) is 11.5 Å². The van der Waals surface area contributed by atoms with Crippen molar-refractivity contribution in [2.75, 3.05) is 18.5 Å². The van der Waals surface area contributed by atoms with Crippen LogP contribution in [0.2, 0.25) is 0 Å². The summed E-state index contributed by atoms with van der Waals surface area (Å²) in [5, 5.41) is 3.35. The molecule has 1 heterocycles. The first kappa shape index (κ1) is 18.2. The topological polar surface area (TPSA) is 60.5 Å². The van der Waals surface area contributed by atoms with E-state index < -0.39 is 0 Å². The predicted molar refractivity (Wildman–Crippen MR) is 106 cm³/mol. The van der Waals surface area contributed by atoms with E-state index in [1.165, 1.54) is 11.3 Å². The van der Waals surface area contributed by atoms with Crippen molar-refractivity contribution >= 4 is 32.6 Å². The third-order valence-corrected chi connectivity index (χ3v) is 5.09. The van der Waals surface area contributed by atoms with Gasteiger partial charge in [-0.2, -0.15) is 0 Å². The predicted octanol–water partition coefficient (Wildman–Crippen LogP) is 4.64. The molecule has 5 nitrogen and oxygen atoms in total. The molecule has 0 unspecified atom stereocenters. The van der Waals surface area contributed by atoms with Crippen LogP contribution < -0.4 is 14.8 Å². The van der Waals surface area contributed by atoms with Gasteiger partial charge >= 0.3 is 0 Å². The van der Waals surface area contributed by atoms with Crippen molar-refractivity contribution < 1.29 is 14.3 Å². The summed E-state index contributed by atoms with van der Waals surface area (Å²) < 4.78 is 12.3. The molecule has 3 aromatic rings. The SMILES string of the molecule is CCOc1cccc2sc(NC(=O)COc3c(C)ccc(C)c3C)nc12. The molecule has 2 aromatic carbocycles. The van der Waals surface area contributed by atoms with E-state index in [-0.39, 0.29) is 12.5 Å². The minimum atomic E-state index is -0.234. The van der Waals surface area contributed by atoms with Crippen LogP contribution in [0.5, 0.6) is 11.5 Å². The third-order valence-electron chi connectivity index (χ3n) is 4.15. The number of hydrogen-bond acceptors (Lipinski definition) is 5. The van der Waals surface area contributed by atoms with Crippen LogP contribution in [0.4, 0.5) is 5.13 Å². The number of aromatic nitrogens is 1. The highest BCUT2D eigenvalue weighted by molar-refractivity contribution is 7.22. The minimum Gasteiger partial charge on any atom is -0.492 e. The van der Waals surface area contributed by atoms with Crippen molar-refractivity contribution in [1.82, 2.24) is 4.98 Å². The van der Waals surface area contributed by atoms with Gasteiger partial charge in [-0.25, -0.2) is 4.98 Å². The van der Waals surface area contributed by atoms with E-state index in [1.807, 2.05) is 52.0 Å². The average molecular weight is 370 g/mol. The first-order valence-corrected chi connectivity index (χ1v) is 9.33. The highest BCUT2D eigenvalue weighted by atomic mass is 32.1. The molecular formula is C20H22N2O3S. The van der Waals surface area contributed by atoms with E-state index in [4.69, 9.17) is 9.47 Å². The molecule has 0 saturated carbocycles. The number of nitrogens with one attached hydrogen (secondary N) is 1. The first-order chi connectivity index (χ1) is 12.5. The lowest BCUT2D eigenvalue weighted by atomic mass is 10.1. The largest absolute Gasteiger partial charge is 0.492 e. The molecule has 6 heteroatoms. The summed E-state index contributed by atoms with van der Waals surface area (Å²) in [6.07, 6.45) is 0. The lowest BCUT2D eigenvalue weighted by Gasteiger charge is -2.13. The Kier molecular flexibility index (Phi) is 5.42. The van der Waals surface area contributed by atoms with Gasteiger partial charge in [0, 0.05) is 0 Å². The molecule has 0 aliphatic heterocycles. The van der Waals surface area contributed by atoms with Crippen molar-refractivity contribution in [3.63, 3.8) is 0 Å². The van der Waals surface area contributed by atoms with Crippen LogP contribution in [0.15, 0.2) is 30.3 Å². The smallest absolute Gasteiger partial charge is 0.264 e. The number of carbonyl (C=O) groups is 1. The first-order valence-electron chi connectivity index (χ1n) is 8.51. The van der Waals surface area contributed by atoms with Crippen LogP contribution >= 0.6 is 11.3 Å². The lowest BCUT2D eigenvalue weighted by Crippen LogP contribution is -2.20. The summed E-state index contributed by atoms with van der Waals surface area (Å²) in [6, 6.07) is 9.81. The molecule has 0 fully saturated rings. The van der Waals surface area contributed by atoms with Crippen LogP contribution in [-0.4, -0.2) is 24.1 Å². The van der Waals surface area contributed by atoms with Crippen LogP contribution in [-0.2, 0) is 4.79 Å². The van der Waals surface area contributed by atoms with E-state index in [9.17, 15) is 4.79 Å². The molecule has 3 rings (SSSR count). The number of fused-ring (bicyclic) bond motifs is 1. The zero-order chi connectivity index (χ0) is 18.7. The second-order valence-electron chi connectivity index (χ2n) is 6.05. The number of ether oxygens (including phenoxy) is 2. The van der Waals surface area contributed by atoms with Gasteiger partial charge in [0.15, 0.2) is 11.7 Å². The summed E-state index contributed by atoms with van der Waals surface area (Å²) in [5.74, 6) is 1.26. The molecule has 0 radical (unpaired) electrons. The molecule has 0 atom stereocenters. The third kappa shape index (κ3) is 3.80. The van der Waals surface area contributed by atoms with Gasteiger partial charge in [-0.1, -0.05) is 29.5 Å². The molecule has 1 N–H and O–H groups in total. The van der Waals surface area contributed by atoms with Crippen LogP contribution in [0.1, 0.15) is 23.6 Å². The molecule has 0 aliphatic carbocycles. The fourth-order valence-electron chi connectivity index (χ4n) is 2.69. The maximum absolute atomic E-state index is 12.3. The van der Waals surface area contributed by atoms with E-state index in [1.54, 1.807) is 0 Å². The Morgan fingerprint density at radius 2 is 1.88 bits per heavy atom. The average Bonchev–Trinajstić information content (AvgIpc) is 3.02. The van der Waals surface area contributed by atoms with Gasteiger partial charge in [0.2, 0.25) is 0 Å². The zero-order valence-corrected chi connectivity index (χ0v) is 16.2. The van der Waals surface area contributed by atoms with Gasteiger partial charge in [-0.3, -0.25) is 10.1 Å². The second-order valence-corrected chi connectivity index (χ2v) is 7.08. The Balaban J connectivity index is 1.70. The molecule has 0 spiro atoms. The maximum atomic E-state index is 12.3. The molecule has 0 saturated heterocycles. The van der Waals surface area contributed by atoms with Gasteiger partial charge < -0.3 is 9.47 Å². The number of anilines is 1. The monoisotopic (exact) mass is 370 g/mol. The van der Waals surface area contributed by atoms with Crippen LogP contribution in [0.25, 0.3) is 10.2 Å². The number of benzene rings is 2. The van der Waals surface area contributed by atoms with Gasteiger partial charge in [-0.15, -0.1) is 0 Å². The molecule has 26 heavy (non-hydrogen) atoms. The maximum Gasteiger partial charge on any atom is 0.264 e. The van der Waals surface area contributed by atoms with Gasteiger partial charge in [0.25, 0.3) is 5.91 Å². The summed E-state index contributed by atoms with van der Waals surface area (Å²) in [7, 11) is 0. The number of nitrogens with zero attached hydrogens (tertiary/aromatic N) is 1. The molecular weight excluding hydrogens is 348 g/mol. The summed E-state index contributed by atoms with van der Waals surface area (Å²) in [5.41, 5.74) is 3.97. The van der Waals surface area contributed by atoms with Crippen molar-refractivity contribution in [2.45, 2.75) is 27.7 Å². The Labute approximate surface area is 157 Å². The van der Waals surface area contributed by atoms with E-state index in [0.29, 0.717) is 11.7 Å². The zero-order valence-electron chi connectivity index (χ0n) is 15.4. The van der Waals surface area contributed by atoms with Crippen molar-refractivity contribution in [1.29, 1.82) is 0 Å². The fraction of sp³-hybridized carbons (Fsp3) is 0.300. The Bertz CT molecular complexity index is 950. The molecule has 1 amide bonds. The molecule has 136 valence electrons. The highest BCUT2D eigenvalue weighted by Crippen LogP contribution is 2.32. The normalized spacial score (nSPS) is 10.8. The van der Waals surface area contributed by atoms with Gasteiger partial charge in [-0.05, 0) is 56.5 Å². The number of thiazole rings is 1. The summed E-state index contributed by atoms with van der Waals surface area (Å²) >= 11 is 1.42. The standard InChI is InChI=1S/C20H22N2O3S/c1-5-24-15-7-6-8-16-18(15)22-20(26-16)21-17(23)11-25-19-13(3)10-9-12(2)14(19)4/h6-10H,5,11H2,1-4H3,(H,21,22,23). The van der Waals surface area contributed by atoms with E-state index in [2.05, 4.69) is 16.4 Å². The number of para-hydroxylation sites is 1. The van der Waals surface area contributed by atoms with Crippen LogP contribution in [0.3, 0.4) is 0 Å². The molecule has 1 aromatic heterocycles. The Morgan fingerprint density at radius 1 is 1.12 bits per heavy atom. The number of hydrogen-bond donors (Lipinski definition) is 1. The van der Waals surface area contributed by atoms with Gasteiger partial charge in [0.05, 0.1) is 11.3 Å². The number of carbonyl (C=O) groups excluding carboxylic acids is 1. The summed E-state index contributed by atoms with van der Waals surface area (Å²) in [6.45, 7) is 8.45. The van der Waals surface area contributed by atoms with E-state index in [0.717, 1.165) is 38.4 Å². The van der Waals surface area contributed by atoms with Gasteiger partial charge in [0.1, 0.15) is 17.0 Å². The number of rotatable bonds is 6. The fourth-order valence-corrected chi connectivity index (χ4v) is 3.59. The Morgan fingerprint density at radius 3 is 2.65 bits per heavy atom. The molecule has 0 bridgehead atoms. The van der Waals surface area contributed by atoms with Crippen LogP contribution in [0, 0.1) is 20.8 Å². The minimum absolute atomic E-state index is 0.0562. The molecule has 0 aliphatic rings. The number of amides is 1. The Hall–Kier alpha value is -2.60. The summed E-state index contributed by atoms with van der Waals surface area (Å²) in [4.78, 5) is 16.8. The quantitative estimate of drug-likeness (QED) is 0.687. The lowest BCUT2D eigenvalue weighted by molar-refractivity contribution is -0.118. The second kappa shape index (κ2) is 7.74. The van der Waals surface area contributed by atoms with E-state index >= 15 is 0 Å². The van der Waals surface area contributed by atoms with Crippen molar-refractivity contribution in [3.05, 3.63) is 47.0 Å². The highest BCUT2D eigenvalue weighted by Gasteiger charge is 2.13.